The van der Waals surface area contributed by atoms with Gasteiger partial charge in [-0.05, 0) is 23.8 Å². The maximum absolute atomic E-state index is 12.5. The summed E-state index contributed by atoms with van der Waals surface area (Å²) < 4.78 is 7.33. The molecule has 0 amide bonds. The third kappa shape index (κ3) is 2.49. The lowest BCUT2D eigenvalue weighted by atomic mass is 9.86. The fourth-order valence-corrected chi connectivity index (χ4v) is 3.96. The molecule has 0 unspecified atom stereocenters. The topological polar surface area (TPSA) is 81.0 Å². The summed E-state index contributed by atoms with van der Waals surface area (Å²) in [4.78, 5) is 12.5. The van der Waals surface area contributed by atoms with Gasteiger partial charge in [0.25, 0.3) is 0 Å². The van der Waals surface area contributed by atoms with Crippen molar-refractivity contribution in [1.82, 2.24) is 4.57 Å². The molecule has 0 bridgehead atoms. The second kappa shape index (κ2) is 6.34. The Kier molecular flexibility index (Phi) is 4.11. The van der Waals surface area contributed by atoms with E-state index in [2.05, 4.69) is 6.07 Å². The highest BCUT2D eigenvalue weighted by atomic mass is 35.5. The van der Waals surface area contributed by atoms with Crippen LogP contribution in [-0.2, 0) is 0 Å². The molecule has 0 saturated heterocycles. The number of nitrogens with two attached hydrogens (primary N) is 1. The van der Waals surface area contributed by atoms with Crippen LogP contribution in [0, 0.1) is 11.3 Å². The van der Waals surface area contributed by atoms with Gasteiger partial charge in [0.2, 0.25) is 11.8 Å². The van der Waals surface area contributed by atoms with E-state index >= 15 is 0 Å². The SMILES string of the molecule is CC(=O)n1c2c(c3ccccc31)OC(N)=C(C#N)[C@@H]2c1cccc(Cl)c1Cl. The molecule has 1 aliphatic heterocycles. The zero-order chi connectivity index (χ0) is 19.3. The Morgan fingerprint density at radius 3 is 2.67 bits per heavy atom. The Bertz CT molecular complexity index is 1190. The van der Waals surface area contributed by atoms with Crippen LogP contribution in [0.5, 0.6) is 5.75 Å². The Hall–Kier alpha value is -2.94. The Morgan fingerprint density at radius 2 is 1.96 bits per heavy atom. The second-order valence-corrected chi connectivity index (χ2v) is 6.94. The molecular weight excluding hydrogens is 385 g/mol. The van der Waals surface area contributed by atoms with E-state index in [-0.39, 0.29) is 17.4 Å². The molecule has 0 saturated carbocycles. The minimum atomic E-state index is -0.679. The van der Waals surface area contributed by atoms with E-state index < -0.39 is 5.92 Å². The van der Waals surface area contributed by atoms with E-state index in [1.165, 1.54) is 11.5 Å². The van der Waals surface area contributed by atoms with Crippen molar-refractivity contribution in [3.63, 3.8) is 0 Å². The predicted octanol–water partition coefficient (Wildman–Crippen LogP) is 4.83. The van der Waals surface area contributed by atoms with E-state index in [1.54, 1.807) is 18.2 Å². The third-order valence-corrected chi connectivity index (χ3v) is 5.46. The zero-order valence-corrected chi connectivity index (χ0v) is 15.7. The maximum Gasteiger partial charge on any atom is 0.228 e. The van der Waals surface area contributed by atoms with Crippen molar-refractivity contribution in [3.05, 3.63) is 75.2 Å². The van der Waals surface area contributed by atoms with Gasteiger partial charge in [0.05, 0.1) is 27.2 Å². The number of carbonyl (C=O) groups is 1. The van der Waals surface area contributed by atoms with Gasteiger partial charge in [0, 0.05) is 12.3 Å². The summed E-state index contributed by atoms with van der Waals surface area (Å²) in [7, 11) is 0. The van der Waals surface area contributed by atoms with Crippen LogP contribution < -0.4 is 10.5 Å². The molecule has 27 heavy (non-hydrogen) atoms. The number of hydrogen-bond donors (Lipinski definition) is 1. The molecule has 0 spiro atoms. The van der Waals surface area contributed by atoms with Crippen LogP contribution >= 0.6 is 23.2 Å². The van der Waals surface area contributed by atoms with Crippen LogP contribution in [0.4, 0.5) is 0 Å². The van der Waals surface area contributed by atoms with Crippen LogP contribution in [0.25, 0.3) is 10.9 Å². The molecule has 1 aromatic heterocycles. The van der Waals surface area contributed by atoms with Crippen LogP contribution in [0.1, 0.15) is 28.9 Å². The average Bonchev–Trinajstić information content (AvgIpc) is 2.97. The highest BCUT2D eigenvalue weighted by Crippen LogP contribution is 2.49. The first kappa shape index (κ1) is 17.5. The number of nitrogens with zero attached hydrogens (tertiary/aromatic N) is 2. The highest BCUT2D eigenvalue weighted by molar-refractivity contribution is 6.42. The van der Waals surface area contributed by atoms with Crippen LogP contribution in [-0.4, -0.2) is 10.5 Å². The van der Waals surface area contributed by atoms with E-state index in [0.29, 0.717) is 32.6 Å². The second-order valence-electron chi connectivity index (χ2n) is 6.15. The van der Waals surface area contributed by atoms with E-state index in [0.717, 1.165) is 5.39 Å². The van der Waals surface area contributed by atoms with Crippen molar-refractivity contribution in [2.24, 2.45) is 5.73 Å². The number of benzene rings is 2. The Morgan fingerprint density at radius 1 is 1.22 bits per heavy atom. The number of rotatable bonds is 1. The van der Waals surface area contributed by atoms with Gasteiger partial charge >= 0.3 is 0 Å². The Labute approximate surface area is 165 Å². The van der Waals surface area contributed by atoms with Gasteiger partial charge in [-0.3, -0.25) is 9.36 Å². The van der Waals surface area contributed by atoms with Crippen molar-refractivity contribution in [1.29, 1.82) is 5.26 Å². The predicted molar refractivity (Wildman–Crippen MR) is 104 cm³/mol. The van der Waals surface area contributed by atoms with Crippen molar-refractivity contribution in [2.75, 3.05) is 0 Å². The lowest BCUT2D eigenvalue weighted by Gasteiger charge is -2.26. The standard InChI is InChI=1S/C20H13Cl2N3O2/c1-10(26)25-15-8-3-2-5-11(15)19-18(25)16(13(9-23)20(24)27-19)12-6-4-7-14(21)17(12)22/h2-8,16H,24H2,1H3/t16-/m0/s1. The summed E-state index contributed by atoms with van der Waals surface area (Å²) in [6.45, 7) is 1.46. The first-order valence-electron chi connectivity index (χ1n) is 8.11. The number of fused-ring (bicyclic) bond motifs is 3. The molecule has 1 atom stereocenters. The molecule has 0 aliphatic carbocycles. The van der Waals surface area contributed by atoms with Gasteiger partial charge in [0.15, 0.2) is 5.75 Å². The molecule has 1 aliphatic rings. The lowest BCUT2D eigenvalue weighted by molar-refractivity contribution is 0.0937. The minimum Gasteiger partial charge on any atom is -0.438 e. The molecule has 0 radical (unpaired) electrons. The van der Waals surface area contributed by atoms with Crippen molar-refractivity contribution in [3.8, 4) is 11.8 Å². The number of aromatic nitrogens is 1. The highest BCUT2D eigenvalue weighted by Gasteiger charge is 2.38. The number of para-hydroxylation sites is 1. The lowest BCUT2D eigenvalue weighted by Crippen LogP contribution is -2.24. The summed E-state index contributed by atoms with van der Waals surface area (Å²) in [5.74, 6) is -0.464. The largest absolute Gasteiger partial charge is 0.438 e. The molecule has 0 fully saturated rings. The van der Waals surface area contributed by atoms with Gasteiger partial charge in [-0.15, -0.1) is 0 Å². The number of halogens is 2. The fraction of sp³-hybridized carbons (Fsp3) is 0.100. The van der Waals surface area contributed by atoms with Gasteiger partial charge in [-0.25, -0.2) is 0 Å². The van der Waals surface area contributed by atoms with Crippen molar-refractivity contribution >= 4 is 40.0 Å². The first-order chi connectivity index (χ1) is 13.0. The summed E-state index contributed by atoms with van der Waals surface area (Å²) in [6, 6.07) is 14.6. The van der Waals surface area contributed by atoms with Crippen molar-refractivity contribution in [2.45, 2.75) is 12.8 Å². The molecule has 5 nitrogen and oxygen atoms in total. The first-order valence-corrected chi connectivity index (χ1v) is 8.87. The quantitative estimate of drug-likeness (QED) is 0.637. The molecule has 2 heterocycles. The maximum atomic E-state index is 12.5. The average molecular weight is 398 g/mol. The normalized spacial score (nSPS) is 16.0. The van der Waals surface area contributed by atoms with E-state index in [4.69, 9.17) is 33.7 Å². The number of nitriles is 1. The van der Waals surface area contributed by atoms with Gasteiger partial charge in [0.1, 0.15) is 11.6 Å². The molecule has 134 valence electrons. The van der Waals surface area contributed by atoms with Crippen LogP contribution in [0.15, 0.2) is 53.9 Å². The number of ether oxygens (including phenoxy) is 1. The van der Waals surface area contributed by atoms with Gasteiger partial charge < -0.3 is 10.5 Å². The molecule has 3 aromatic rings. The molecule has 7 heteroatoms. The van der Waals surface area contributed by atoms with E-state index in [1.807, 2.05) is 24.3 Å². The fourth-order valence-electron chi connectivity index (χ4n) is 3.55. The minimum absolute atomic E-state index is 0.0162. The summed E-state index contributed by atoms with van der Waals surface area (Å²) in [5.41, 5.74) is 8.01. The van der Waals surface area contributed by atoms with E-state index in [9.17, 15) is 10.1 Å². The van der Waals surface area contributed by atoms with Gasteiger partial charge in [-0.2, -0.15) is 5.26 Å². The Balaban J connectivity index is 2.16. The molecule has 2 aromatic carbocycles. The van der Waals surface area contributed by atoms with Crippen LogP contribution in [0.3, 0.4) is 0 Å². The summed E-state index contributed by atoms with van der Waals surface area (Å²) in [6.07, 6.45) is 0. The van der Waals surface area contributed by atoms with Crippen LogP contribution in [0.2, 0.25) is 10.0 Å². The number of allylic oxidation sites excluding steroid dienone is 1. The number of carbonyl (C=O) groups excluding carboxylic acids is 1. The third-order valence-electron chi connectivity index (χ3n) is 4.63. The summed E-state index contributed by atoms with van der Waals surface area (Å²) >= 11 is 12.7. The molecule has 2 N–H and O–H groups in total. The smallest absolute Gasteiger partial charge is 0.228 e. The van der Waals surface area contributed by atoms with Crippen molar-refractivity contribution < 1.29 is 9.53 Å². The molecule has 4 rings (SSSR count). The molecular formula is C20H13Cl2N3O2. The van der Waals surface area contributed by atoms with Gasteiger partial charge in [-0.1, -0.05) is 47.5 Å². The summed E-state index contributed by atoms with van der Waals surface area (Å²) in [5, 5.41) is 11.1. The monoisotopic (exact) mass is 397 g/mol. The zero-order valence-electron chi connectivity index (χ0n) is 14.2. The number of hydrogen-bond acceptors (Lipinski definition) is 4.